The van der Waals surface area contributed by atoms with Gasteiger partial charge in [-0.25, -0.2) is 0 Å². The zero-order valence-electron chi connectivity index (χ0n) is 43.0. The van der Waals surface area contributed by atoms with Gasteiger partial charge in [-0.05, 0) is 83.5 Å². The average Bonchev–Trinajstić information content (AvgIpc) is 3.31. The Bertz CT molecular complexity index is 1210. The van der Waals surface area contributed by atoms with Crippen LogP contribution in [0.2, 0.25) is 0 Å². The molecule has 2 unspecified atom stereocenters. The normalized spacial score (nSPS) is 13.6. The molecular formula is C61H107NO3. The maximum Gasteiger partial charge on any atom is 0.220 e. The van der Waals surface area contributed by atoms with Crippen LogP contribution < -0.4 is 5.32 Å². The van der Waals surface area contributed by atoms with E-state index >= 15 is 0 Å². The summed E-state index contributed by atoms with van der Waals surface area (Å²) in [4.78, 5) is 12.5. The Morgan fingerprint density at radius 2 is 0.692 bits per heavy atom. The van der Waals surface area contributed by atoms with Gasteiger partial charge in [0.25, 0.3) is 0 Å². The van der Waals surface area contributed by atoms with Crippen molar-refractivity contribution in [1.29, 1.82) is 0 Å². The molecule has 3 N–H and O–H groups in total. The number of aliphatic hydroxyl groups excluding tert-OH is 2. The first-order chi connectivity index (χ1) is 32.2. The molecule has 4 nitrogen and oxygen atoms in total. The number of allylic oxidation sites excluding steroid dienone is 15. The smallest absolute Gasteiger partial charge is 0.220 e. The molecule has 0 aromatic rings. The third kappa shape index (κ3) is 52.1. The van der Waals surface area contributed by atoms with E-state index in [0.717, 1.165) is 70.6 Å². The second-order valence-corrected chi connectivity index (χ2v) is 18.6. The van der Waals surface area contributed by atoms with Crippen LogP contribution in [-0.4, -0.2) is 34.9 Å². The van der Waals surface area contributed by atoms with Crippen molar-refractivity contribution in [2.75, 3.05) is 6.61 Å². The summed E-state index contributed by atoms with van der Waals surface area (Å²) < 4.78 is 0. The van der Waals surface area contributed by atoms with E-state index in [1.807, 2.05) is 6.08 Å². The highest BCUT2D eigenvalue weighted by Gasteiger charge is 2.17. The van der Waals surface area contributed by atoms with E-state index in [9.17, 15) is 15.0 Å². The van der Waals surface area contributed by atoms with Crippen molar-refractivity contribution in [3.8, 4) is 0 Å². The molecule has 0 saturated heterocycles. The van der Waals surface area contributed by atoms with E-state index in [0.29, 0.717) is 6.42 Å². The number of hydrogen-bond donors (Lipinski definition) is 3. The molecule has 0 fully saturated rings. The summed E-state index contributed by atoms with van der Waals surface area (Å²) in [6.07, 6.45) is 82.7. The standard InChI is InChI=1S/C61H107NO3/c1-3-5-7-9-11-13-15-17-19-21-23-25-27-28-29-30-31-32-33-34-35-37-39-41-43-45-47-49-51-53-55-57-61(65)62-59(58-63)60(64)56-54-52-50-48-46-44-42-40-38-36-26-24-22-20-18-16-14-12-10-8-6-4-2/h5,7,11,13,17,19,23,25,28-29,31-32,46,48,54,56,59-60,63-64H,3-4,6,8-10,12,14-16,18,20-22,24,26-27,30,33-45,47,49-53,55,57-58H2,1-2H3,(H,62,65)/b7-5-,13-11-,19-17-,25-23-,29-28-,32-31-,48-46+,56-54+. The van der Waals surface area contributed by atoms with Crippen molar-refractivity contribution in [2.45, 2.75) is 276 Å². The quantitative estimate of drug-likeness (QED) is 0.0421. The summed E-state index contributed by atoms with van der Waals surface area (Å²) in [6.45, 7) is 4.19. The number of rotatable bonds is 50. The highest BCUT2D eigenvalue weighted by Crippen LogP contribution is 2.16. The number of unbranched alkanes of at least 4 members (excludes halogenated alkanes) is 29. The molecule has 0 aromatic carbocycles. The predicted molar refractivity (Wildman–Crippen MR) is 290 cm³/mol. The molecule has 0 radical (unpaired) electrons. The lowest BCUT2D eigenvalue weighted by molar-refractivity contribution is -0.123. The SMILES string of the molecule is CC/C=C\C/C=C\C/C=C\C/C=C\C/C=C\C/C=C\CCCCCCCCCCCCCCC(=O)NC(CO)C(O)/C=C/CC/C=C/CCCCCCCCCCCCCCCCCC. The lowest BCUT2D eigenvalue weighted by Crippen LogP contribution is -2.45. The largest absolute Gasteiger partial charge is 0.394 e. The van der Waals surface area contributed by atoms with Crippen LogP contribution in [0.1, 0.15) is 264 Å². The maximum atomic E-state index is 12.5. The first-order valence-corrected chi connectivity index (χ1v) is 28.0. The van der Waals surface area contributed by atoms with E-state index in [4.69, 9.17) is 0 Å². The van der Waals surface area contributed by atoms with Gasteiger partial charge in [0, 0.05) is 6.42 Å². The highest BCUT2D eigenvalue weighted by molar-refractivity contribution is 5.76. The molecular weight excluding hydrogens is 795 g/mol. The Kier molecular flexibility index (Phi) is 53.3. The molecule has 4 heteroatoms. The zero-order chi connectivity index (χ0) is 47.0. The molecule has 0 spiro atoms. The third-order valence-electron chi connectivity index (χ3n) is 12.3. The zero-order valence-corrected chi connectivity index (χ0v) is 43.0. The lowest BCUT2D eigenvalue weighted by Gasteiger charge is -2.19. The number of nitrogens with one attached hydrogen (secondary N) is 1. The van der Waals surface area contributed by atoms with Gasteiger partial charge in [-0.1, -0.05) is 272 Å². The minimum absolute atomic E-state index is 0.0779. The monoisotopic (exact) mass is 902 g/mol. The molecule has 0 aromatic heterocycles. The molecule has 0 aliphatic carbocycles. The van der Waals surface area contributed by atoms with Gasteiger partial charge in [-0.3, -0.25) is 4.79 Å². The van der Waals surface area contributed by atoms with Crippen LogP contribution in [0.25, 0.3) is 0 Å². The van der Waals surface area contributed by atoms with Gasteiger partial charge in [0.15, 0.2) is 0 Å². The Morgan fingerprint density at radius 3 is 1.08 bits per heavy atom. The van der Waals surface area contributed by atoms with Crippen LogP contribution in [-0.2, 0) is 4.79 Å². The van der Waals surface area contributed by atoms with Gasteiger partial charge in [0.2, 0.25) is 5.91 Å². The number of hydrogen-bond acceptors (Lipinski definition) is 3. The number of carbonyl (C=O) groups excluding carboxylic acids is 1. The van der Waals surface area contributed by atoms with Crippen molar-refractivity contribution in [1.82, 2.24) is 5.32 Å². The van der Waals surface area contributed by atoms with Crippen molar-refractivity contribution in [2.24, 2.45) is 0 Å². The molecule has 0 aliphatic heterocycles. The molecule has 0 heterocycles. The second kappa shape index (κ2) is 55.6. The Labute approximate surface area is 404 Å². The molecule has 0 saturated carbocycles. The molecule has 0 rings (SSSR count). The molecule has 65 heavy (non-hydrogen) atoms. The van der Waals surface area contributed by atoms with E-state index in [1.165, 1.54) is 173 Å². The summed E-state index contributed by atoms with van der Waals surface area (Å²) in [5.41, 5.74) is 0. The van der Waals surface area contributed by atoms with Gasteiger partial charge in [0.05, 0.1) is 18.8 Å². The van der Waals surface area contributed by atoms with Gasteiger partial charge in [-0.15, -0.1) is 0 Å². The predicted octanol–water partition coefficient (Wildman–Crippen LogP) is 18.5. The van der Waals surface area contributed by atoms with Crippen LogP contribution in [0.3, 0.4) is 0 Å². The van der Waals surface area contributed by atoms with Crippen LogP contribution in [0.15, 0.2) is 97.2 Å². The van der Waals surface area contributed by atoms with E-state index in [2.05, 4.69) is 104 Å². The average molecular weight is 903 g/mol. The Hall–Kier alpha value is -2.69. The van der Waals surface area contributed by atoms with Crippen molar-refractivity contribution in [3.05, 3.63) is 97.2 Å². The van der Waals surface area contributed by atoms with E-state index in [-0.39, 0.29) is 12.5 Å². The number of carbonyl (C=O) groups is 1. The minimum atomic E-state index is -0.869. The third-order valence-corrected chi connectivity index (χ3v) is 12.3. The molecule has 374 valence electrons. The fourth-order valence-corrected chi connectivity index (χ4v) is 8.08. The topological polar surface area (TPSA) is 69.6 Å². The van der Waals surface area contributed by atoms with Gasteiger partial charge >= 0.3 is 0 Å². The van der Waals surface area contributed by atoms with E-state index in [1.54, 1.807) is 6.08 Å². The van der Waals surface area contributed by atoms with Crippen LogP contribution >= 0.6 is 0 Å². The second-order valence-electron chi connectivity index (χ2n) is 18.6. The van der Waals surface area contributed by atoms with Crippen LogP contribution in [0, 0.1) is 0 Å². The van der Waals surface area contributed by atoms with Crippen LogP contribution in [0.4, 0.5) is 0 Å². The lowest BCUT2D eigenvalue weighted by atomic mass is 10.0. The number of aliphatic hydroxyl groups is 2. The van der Waals surface area contributed by atoms with Gasteiger partial charge < -0.3 is 15.5 Å². The Morgan fingerprint density at radius 1 is 0.385 bits per heavy atom. The van der Waals surface area contributed by atoms with Gasteiger partial charge in [-0.2, -0.15) is 0 Å². The summed E-state index contributed by atoms with van der Waals surface area (Å²) in [6, 6.07) is -0.647. The Balaban J connectivity index is 3.58. The van der Waals surface area contributed by atoms with Crippen molar-refractivity contribution < 1.29 is 15.0 Å². The minimum Gasteiger partial charge on any atom is -0.394 e. The summed E-state index contributed by atoms with van der Waals surface area (Å²) in [5, 5.41) is 23.1. The van der Waals surface area contributed by atoms with Gasteiger partial charge in [0.1, 0.15) is 0 Å². The molecule has 0 bridgehead atoms. The first kappa shape index (κ1) is 62.3. The summed E-state index contributed by atoms with van der Waals surface area (Å²) in [5.74, 6) is -0.0779. The maximum absolute atomic E-state index is 12.5. The molecule has 0 aliphatic rings. The highest BCUT2D eigenvalue weighted by atomic mass is 16.3. The van der Waals surface area contributed by atoms with Crippen LogP contribution in [0.5, 0.6) is 0 Å². The summed E-state index contributed by atoms with van der Waals surface area (Å²) >= 11 is 0. The molecule has 2 atom stereocenters. The fraction of sp³-hybridized carbons (Fsp3) is 0.721. The van der Waals surface area contributed by atoms with E-state index < -0.39 is 12.1 Å². The van der Waals surface area contributed by atoms with Crippen molar-refractivity contribution in [3.63, 3.8) is 0 Å². The molecule has 1 amide bonds. The fourth-order valence-electron chi connectivity index (χ4n) is 8.08. The first-order valence-electron chi connectivity index (χ1n) is 28.0. The number of amides is 1. The van der Waals surface area contributed by atoms with Crippen molar-refractivity contribution >= 4 is 5.91 Å². The summed E-state index contributed by atoms with van der Waals surface area (Å²) in [7, 11) is 0.